The molecule has 2 unspecified atom stereocenters. The smallest absolute Gasteiger partial charge is 0.316 e. The minimum atomic E-state index is -0.152. The zero-order chi connectivity index (χ0) is 24.6. The molecule has 2 atom stereocenters. The van der Waals surface area contributed by atoms with Crippen molar-refractivity contribution in [3.05, 3.63) is 41.1 Å². The molecule has 2 bridgehead atoms. The van der Waals surface area contributed by atoms with Crippen molar-refractivity contribution in [1.29, 1.82) is 0 Å². The van der Waals surface area contributed by atoms with Gasteiger partial charge in [0.2, 0.25) is 0 Å². The van der Waals surface area contributed by atoms with Crippen molar-refractivity contribution in [2.45, 2.75) is 62.9 Å². The van der Waals surface area contributed by atoms with E-state index >= 15 is 0 Å². The molecule has 1 aliphatic carbocycles. The molecule has 1 saturated carbocycles. The van der Waals surface area contributed by atoms with Gasteiger partial charge in [0, 0.05) is 31.9 Å². The van der Waals surface area contributed by atoms with Crippen LogP contribution in [0.15, 0.2) is 35.5 Å². The van der Waals surface area contributed by atoms with E-state index < -0.39 is 0 Å². The normalized spacial score (nSPS) is 25.7. The van der Waals surface area contributed by atoms with Crippen LogP contribution in [-0.2, 0) is 11.8 Å². The number of hydrogen-bond acceptors (Lipinski definition) is 9. The monoisotopic (exact) mass is 493 g/mol. The van der Waals surface area contributed by atoms with E-state index in [4.69, 9.17) is 18.9 Å². The number of anilines is 1. The Morgan fingerprint density at radius 3 is 2.22 bits per heavy atom. The number of nitrogens with zero attached hydrogens (tertiary/aromatic N) is 5. The molecule has 2 aliphatic heterocycles. The highest BCUT2D eigenvalue weighted by Crippen LogP contribution is 2.36. The van der Waals surface area contributed by atoms with Crippen LogP contribution >= 0.6 is 0 Å². The Morgan fingerprint density at radius 2 is 1.56 bits per heavy atom. The van der Waals surface area contributed by atoms with E-state index in [1.54, 1.807) is 31.1 Å². The van der Waals surface area contributed by atoms with Crippen LogP contribution in [0.1, 0.15) is 38.5 Å². The minimum absolute atomic E-state index is 0.0243. The van der Waals surface area contributed by atoms with Crippen LogP contribution < -0.4 is 24.7 Å². The molecule has 2 saturated heterocycles. The van der Waals surface area contributed by atoms with Crippen molar-refractivity contribution in [3.8, 4) is 17.5 Å². The fraction of sp³-hybridized carbons (Fsp3) is 0.538. The summed E-state index contributed by atoms with van der Waals surface area (Å²) < 4.78 is 25.3. The minimum Gasteiger partial charge on any atom is -0.494 e. The molecule has 10 heteroatoms. The SMILES string of the molecule is COc1cnc(OC2CCC(Oc3cc(N4CC5CCC(C4)O5)cc4ncc(=O)n(C)c34)CC2)nc1. The van der Waals surface area contributed by atoms with Crippen molar-refractivity contribution >= 4 is 16.7 Å². The van der Waals surface area contributed by atoms with Gasteiger partial charge in [0.1, 0.15) is 17.4 Å². The molecule has 3 fully saturated rings. The third kappa shape index (κ3) is 4.57. The highest BCUT2D eigenvalue weighted by Gasteiger charge is 2.34. The van der Waals surface area contributed by atoms with Gasteiger partial charge in [0.15, 0.2) is 5.75 Å². The zero-order valence-electron chi connectivity index (χ0n) is 20.6. The molecule has 2 aromatic heterocycles. The Bertz CT molecular complexity index is 1280. The molecule has 6 rings (SSSR count). The van der Waals surface area contributed by atoms with E-state index in [9.17, 15) is 4.79 Å². The largest absolute Gasteiger partial charge is 0.494 e. The first-order chi connectivity index (χ1) is 17.6. The van der Waals surface area contributed by atoms with Gasteiger partial charge in [-0.05, 0) is 44.6 Å². The van der Waals surface area contributed by atoms with Crippen LogP contribution in [0.25, 0.3) is 11.0 Å². The number of morpholine rings is 1. The molecule has 3 aliphatic rings. The van der Waals surface area contributed by atoms with Crippen molar-refractivity contribution in [2.24, 2.45) is 7.05 Å². The molecule has 0 spiro atoms. The summed E-state index contributed by atoms with van der Waals surface area (Å²) in [4.78, 5) is 27.6. The summed E-state index contributed by atoms with van der Waals surface area (Å²) in [6.45, 7) is 1.73. The fourth-order valence-electron chi connectivity index (χ4n) is 5.50. The summed E-state index contributed by atoms with van der Waals surface area (Å²) in [7, 11) is 3.35. The summed E-state index contributed by atoms with van der Waals surface area (Å²) in [5.41, 5.74) is 2.41. The highest BCUT2D eigenvalue weighted by atomic mass is 16.5. The quantitative estimate of drug-likeness (QED) is 0.513. The van der Waals surface area contributed by atoms with Crippen LogP contribution in [0.3, 0.4) is 0 Å². The van der Waals surface area contributed by atoms with Gasteiger partial charge in [-0.2, -0.15) is 9.97 Å². The molecule has 3 aromatic rings. The van der Waals surface area contributed by atoms with Crippen molar-refractivity contribution in [2.75, 3.05) is 25.1 Å². The van der Waals surface area contributed by atoms with E-state index in [1.807, 2.05) is 0 Å². The molecular formula is C26H31N5O5. The molecule has 1 aromatic carbocycles. The third-order valence-electron chi connectivity index (χ3n) is 7.46. The Hall–Kier alpha value is -3.40. The number of ether oxygens (including phenoxy) is 4. The van der Waals surface area contributed by atoms with Gasteiger partial charge in [-0.25, -0.2) is 4.98 Å². The molecule has 0 N–H and O–H groups in total. The first-order valence-corrected chi connectivity index (χ1v) is 12.7. The number of benzene rings is 1. The lowest BCUT2D eigenvalue weighted by molar-refractivity contribution is 0.0304. The zero-order valence-corrected chi connectivity index (χ0v) is 20.6. The van der Waals surface area contributed by atoms with Crippen LogP contribution in [0.5, 0.6) is 17.5 Å². The van der Waals surface area contributed by atoms with Crippen molar-refractivity contribution in [1.82, 2.24) is 19.5 Å². The number of hydrogen-bond donors (Lipinski definition) is 0. The Labute approximate surface area is 209 Å². The van der Waals surface area contributed by atoms with E-state index in [2.05, 4.69) is 32.0 Å². The van der Waals surface area contributed by atoms with Gasteiger partial charge in [0.05, 0.1) is 49.5 Å². The predicted octanol–water partition coefficient (Wildman–Crippen LogP) is 2.87. The number of aromatic nitrogens is 4. The van der Waals surface area contributed by atoms with Crippen LogP contribution in [0.2, 0.25) is 0 Å². The van der Waals surface area contributed by atoms with Gasteiger partial charge in [-0.1, -0.05) is 0 Å². The summed E-state index contributed by atoms with van der Waals surface area (Å²) in [5.74, 6) is 1.31. The fourth-order valence-corrected chi connectivity index (χ4v) is 5.50. The van der Waals surface area contributed by atoms with E-state index in [1.165, 1.54) is 6.20 Å². The lowest BCUT2D eigenvalue weighted by atomic mass is 9.95. The molecule has 0 amide bonds. The maximum absolute atomic E-state index is 12.4. The van der Waals surface area contributed by atoms with Crippen LogP contribution in [0, 0.1) is 0 Å². The van der Waals surface area contributed by atoms with Gasteiger partial charge >= 0.3 is 6.01 Å². The molecule has 0 radical (unpaired) electrons. The molecule has 4 heterocycles. The maximum atomic E-state index is 12.4. The second kappa shape index (κ2) is 9.57. The summed E-state index contributed by atoms with van der Waals surface area (Å²) in [6, 6.07) is 4.49. The van der Waals surface area contributed by atoms with Gasteiger partial charge in [0.25, 0.3) is 5.56 Å². The van der Waals surface area contributed by atoms with Crippen molar-refractivity contribution < 1.29 is 18.9 Å². The maximum Gasteiger partial charge on any atom is 0.316 e. The second-order valence-electron chi connectivity index (χ2n) is 9.87. The first kappa shape index (κ1) is 23.0. The number of fused-ring (bicyclic) bond motifs is 3. The third-order valence-corrected chi connectivity index (χ3v) is 7.46. The Kier molecular flexibility index (Phi) is 6.12. The Morgan fingerprint density at radius 1 is 0.889 bits per heavy atom. The molecule has 36 heavy (non-hydrogen) atoms. The lowest BCUT2D eigenvalue weighted by Crippen LogP contribution is -2.42. The first-order valence-electron chi connectivity index (χ1n) is 12.7. The van der Waals surface area contributed by atoms with Gasteiger partial charge in [-0.15, -0.1) is 0 Å². The van der Waals surface area contributed by atoms with Gasteiger partial charge in [-0.3, -0.25) is 4.79 Å². The lowest BCUT2D eigenvalue weighted by Gasteiger charge is -2.34. The molecule has 10 nitrogen and oxygen atoms in total. The number of rotatable bonds is 6. The molecule has 190 valence electrons. The summed E-state index contributed by atoms with van der Waals surface area (Å²) >= 11 is 0. The van der Waals surface area contributed by atoms with E-state index in [0.29, 0.717) is 17.5 Å². The van der Waals surface area contributed by atoms with E-state index in [0.717, 1.165) is 68.3 Å². The standard InChI is InChI=1S/C26H31N5O5/c1-30-24(32)13-27-22-9-16(31-14-19-7-8-20(15-31)34-19)10-23(25(22)30)35-17-3-5-18(6-4-17)36-26-28-11-21(33-2)12-29-26/h9-13,17-20H,3-8,14-15H2,1-2H3. The molecular weight excluding hydrogens is 462 g/mol. The highest BCUT2D eigenvalue weighted by molar-refractivity contribution is 5.86. The van der Waals surface area contributed by atoms with Crippen LogP contribution in [0.4, 0.5) is 5.69 Å². The van der Waals surface area contributed by atoms with Crippen LogP contribution in [-0.4, -0.2) is 64.1 Å². The topological polar surface area (TPSA) is 101 Å². The average Bonchev–Trinajstić information content (AvgIpc) is 3.24. The second-order valence-corrected chi connectivity index (χ2v) is 9.87. The number of methoxy groups -OCH3 is 1. The van der Waals surface area contributed by atoms with Gasteiger partial charge < -0.3 is 28.4 Å². The Balaban J connectivity index is 1.19. The summed E-state index contributed by atoms with van der Waals surface area (Å²) in [5, 5.41) is 0. The summed E-state index contributed by atoms with van der Waals surface area (Å²) in [6.07, 6.45) is 10.8. The van der Waals surface area contributed by atoms with Crippen molar-refractivity contribution in [3.63, 3.8) is 0 Å². The average molecular weight is 494 g/mol. The van der Waals surface area contributed by atoms with E-state index in [-0.39, 0.29) is 30.0 Å². The predicted molar refractivity (Wildman–Crippen MR) is 133 cm³/mol. The number of aryl methyl sites for hydroxylation is 1.